The molecule has 1 radical (unpaired) electrons. The van der Waals surface area contributed by atoms with Crippen LogP contribution < -0.4 is 0 Å². The Bertz CT molecular complexity index is 205. The molecule has 1 aromatic carbocycles. The third-order valence-corrected chi connectivity index (χ3v) is 2.17. The number of ether oxygens (including phenoxy) is 1. The average Bonchev–Trinajstić information content (AvgIpc) is 2.07. The first-order chi connectivity index (χ1) is 5.36. The van der Waals surface area contributed by atoms with E-state index in [9.17, 15) is 0 Å². The number of benzene rings is 1. The molecule has 0 atom stereocenters. The topological polar surface area (TPSA) is 9.23 Å². The van der Waals surface area contributed by atoms with E-state index in [2.05, 4.69) is 37.6 Å². The van der Waals surface area contributed by atoms with E-state index >= 15 is 0 Å². The first-order valence-corrected chi connectivity index (χ1v) is 4.59. The van der Waals surface area contributed by atoms with Gasteiger partial charge in [0.25, 0.3) is 0 Å². The molecule has 0 bridgehead atoms. The Morgan fingerprint density at radius 2 is 2.00 bits per heavy atom. The zero-order valence-electron chi connectivity index (χ0n) is 6.54. The molecule has 0 aliphatic rings. The molecule has 59 valence electrons. The lowest BCUT2D eigenvalue weighted by molar-refractivity contribution is 0.229. The predicted molar refractivity (Wildman–Crippen MR) is 48.4 cm³/mol. The van der Waals surface area contributed by atoms with Crippen molar-refractivity contribution in [1.82, 2.24) is 0 Å². The van der Waals surface area contributed by atoms with Crippen molar-refractivity contribution in [1.29, 1.82) is 0 Å². The Morgan fingerprint density at radius 1 is 1.36 bits per heavy atom. The molecule has 0 amide bonds. The first kappa shape index (κ1) is 8.62. The summed E-state index contributed by atoms with van der Waals surface area (Å²) in [5, 5.41) is 0. The Labute approximate surface area is 71.8 Å². The lowest BCUT2D eigenvalue weighted by Gasteiger charge is -1.99. The normalized spacial score (nSPS) is 10.0. The predicted octanol–water partition coefficient (Wildman–Crippen LogP) is 2.72. The van der Waals surface area contributed by atoms with E-state index in [1.54, 1.807) is 11.8 Å². The number of thioether (sulfide) groups is 1. The van der Waals surface area contributed by atoms with Crippen molar-refractivity contribution < 1.29 is 4.74 Å². The molecule has 0 aliphatic carbocycles. The molecule has 1 aromatic rings. The van der Waals surface area contributed by atoms with Crippen LogP contribution in [-0.4, -0.2) is 6.26 Å². The quantitative estimate of drug-likeness (QED) is 0.640. The van der Waals surface area contributed by atoms with Crippen LogP contribution in [0.4, 0.5) is 0 Å². The van der Waals surface area contributed by atoms with Crippen molar-refractivity contribution in [2.75, 3.05) is 6.26 Å². The van der Waals surface area contributed by atoms with Gasteiger partial charge in [0.1, 0.15) is 0 Å². The maximum absolute atomic E-state index is 4.74. The van der Waals surface area contributed by atoms with E-state index < -0.39 is 0 Å². The zero-order chi connectivity index (χ0) is 8.10. The van der Waals surface area contributed by atoms with Crippen molar-refractivity contribution >= 4 is 11.8 Å². The van der Waals surface area contributed by atoms with Gasteiger partial charge in [-0.05, 0) is 24.0 Å². The van der Waals surface area contributed by atoms with Gasteiger partial charge in [0.05, 0.1) is 13.7 Å². The fourth-order valence-corrected chi connectivity index (χ4v) is 1.25. The van der Waals surface area contributed by atoms with Gasteiger partial charge in [0.15, 0.2) is 0 Å². The molecule has 0 saturated carbocycles. The van der Waals surface area contributed by atoms with Crippen molar-refractivity contribution in [2.45, 2.75) is 11.5 Å². The molecule has 0 aliphatic heterocycles. The Balaban J connectivity index is 2.66. The highest BCUT2D eigenvalue weighted by molar-refractivity contribution is 7.98. The molecule has 0 aromatic heterocycles. The van der Waals surface area contributed by atoms with E-state index in [0.29, 0.717) is 6.61 Å². The lowest BCUT2D eigenvalue weighted by atomic mass is 10.2. The van der Waals surface area contributed by atoms with Gasteiger partial charge in [0, 0.05) is 4.90 Å². The van der Waals surface area contributed by atoms with Gasteiger partial charge >= 0.3 is 0 Å². The summed E-state index contributed by atoms with van der Waals surface area (Å²) in [6.07, 6.45) is 2.06. The lowest BCUT2D eigenvalue weighted by Crippen LogP contribution is -1.84. The van der Waals surface area contributed by atoms with Gasteiger partial charge in [-0.3, -0.25) is 0 Å². The minimum absolute atomic E-state index is 0.592. The van der Waals surface area contributed by atoms with Gasteiger partial charge < -0.3 is 4.74 Å². The molecule has 1 nitrogen and oxygen atoms in total. The van der Waals surface area contributed by atoms with Gasteiger partial charge in [0.2, 0.25) is 0 Å². The second-order valence-electron chi connectivity index (χ2n) is 2.20. The van der Waals surface area contributed by atoms with Gasteiger partial charge in [-0.25, -0.2) is 0 Å². The number of hydrogen-bond donors (Lipinski definition) is 0. The van der Waals surface area contributed by atoms with Crippen LogP contribution >= 0.6 is 11.8 Å². The van der Waals surface area contributed by atoms with Crippen LogP contribution in [0.2, 0.25) is 0 Å². The molecule has 1 rings (SSSR count). The molecule has 0 heterocycles. The minimum Gasteiger partial charge on any atom is -0.374 e. The second kappa shape index (κ2) is 4.42. The molecule has 11 heavy (non-hydrogen) atoms. The summed E-state index contributed by atoms with van der Waals surface area (Å²) in [6, 6.07) is 8.27. The summed E-state index contributed by atoms with van der Waals surface area (Å²) < 4.78 is 4.74. The first-order valence-electron chi connectivity index (χ1n) is 3.36. The van der Waals surface area contributed by atoms with E-state index in [0.717, 1.165) is 5.56 Å². The molecular formula is C9H11OS. The summed E-state index contributed by atoms with van der Waals surface area (Å²) >= 11 is 1.74. The highest BCUT2D eigenvalue weighted by atomic mass is 32.2. The van der Waals surface area contributed by atoms with Gasteiger partial charge in [-0.2, -0.15) is 0 Å². The Hall–Kier alpha value is -0.470. The second-order valence-corrected chi connectivity index (χ2v) is 3.08. The number of rotatable bonds is 3. The van der Waals surface area contributed by atoms with Crippen molar-refractivity contribution in [3.63, 3.8) is 0 Å². The molecule has 0 saturated heterocycles. The SMILES string of the molecule is [CH2]OCc1ccc(SC)cc1. The van der Waals surface area contributed by atoms with Crippen LogP contribution in [0.3, 0.4) is 0 Å². The third kappa shape index (κ3) is 2.56. The molecule has 0 N–H and O–H groups in total. The highest BCUT2D eigenvalue weighted by Gasteiger charge is 1.91. The van der Waals surface area contributed by atoms with Crippen LogP contribution in [0.25, 0.3) is 0 Å². The summed E-state index contributed by atoms with van der Waals surface area (Å²) in [4.78, 5) is 1.28. The minimum atomic E-state index is 0.592. The van der Waals surface area contributed by atoms with E-state index in [-0.39, 0.29) is 0 Å². The summed E-state index contributed by atoms with van der Waals surface area (Å²) in [5.41, 5.74) is 1.16. The maximum atomic E-state index is 4.74. The largest absolute Gasteiger partial charge is 0.374 e. The fourth-order valence-electron chi connectivity index (χ4n) is 0.840. The standard InChI is InChI=1S/C9H11OS/c1-10-7-8-3-5-9(11-2)6-4-8/h3-6H,1,7H2,2H3. The van der Waals surface area contributed by atoms with Crippen LogP contribution in [0.15, 0.2) is 29.2 Å². The van der Waals surface area contributed by atoms with E-state index in [1.807, 2.05) is 0 Å². The summed E-state index contributed by atoms with van der Waals surface area (Å²) in [5.74, 6) is 0. The Kier molecular flexibility index (Phi) is 3.46. The van der Waals surface area contributed by atoms with Gasteiger partial charge in [-0.15, -0.1) is 11.8 Å². The highest BCUT2D eigenvalue weighted by Crippen LogP contribution is 2.14. The van der Waals surface area contributed by atoms with Crippen molar-refractivity contribution in [3.8, 4) is 0 Å². The fraction of sp³-hybridized carbons (Fsp3) is 0.222. The molecule has 2 heteroatoms. The molecule has 0 fully saturated rings. The van der Waals surface area contributed by atoms with Crippen LogP contribution in [0.5, 0.6) is 0 Å². The van der Waals surface area contributed by atoms with Gasteiger partial charge in [-0.1, -0.05) is 12.1 Å². The third-order valence-electron chi connectivity index (χ3n) is 1.43. The summed E-state index contributed by atoms with van der Waals surface area (Å²) in [6.45, 7) is 0.592. The van der Waals surface area contributed by atoms with E-state index in [1.165, 1.54) is 4.90 Å². The van der Waals surface area contributed by atoms with Crippen molar-refractivity contribution in [3.05, 3.63) is 36.9 Å². The van der Waals surface area contributed by atoms with Crippen LogP contribution in [-0.2, 0) is 11.3 Å². The van der Waals surface area contributed by atoms with E-state index in [4.69, 9.17) is 4.74 Å². The zero-order valence-corrected chi connectivity index (χ0v) is 7.36. The maximum Gasteiger partial charge on any atom is 0.0718 e. The van der Waals surface area contributed by atoms with Crippen LogP contribution in [0.1, 0.15) is 5.56 Å². The number of hydrogen-bond acceptors (Lipinski definition) is 2. The monoisotopic (exact) mass is 167 g/mol. The average molecular weight is 167 g/mol. The molecule has 0 spiro atoms. The summed E-state index contributed by atoms with van der Waals surface area (Å²) in [7, 11) is 3.32. The van der Waals surface area contributed by atoms with Crippen LogP contribution in [0, 0.1) is 7.11 Å². The van der Waals surface area contributed by atoms with Crippen molar-refractivity contribution in [2.24, 2.45) is 0 Å². The smallest absolute Gasteiger partial charge is 0.0718 e. The Morgan fingerprint density at radius 3 is 2.45 bits per heavy atom. The molecule has 0 unspecified atom stereocenters. The molecular weight excluding hydrogens is 156 g/mol.